The molecule has 0 aliphatic carbocycles. The van der Waals surface area contributed by atoms with E-state index in [9.17, 15) is 14.3 Å². The second-order valence-corrected chi connectivity index (χ2v) is 7.41. The summed E-state index contributed by atoms with van der Waals surface area (Å²) in [5.41, 5.74) is 2.05. The van der Waals surface area contributed by atoms with Gasteiger partial charge in [-0.05, 0) is 42.3 Å². The maximum Gasteiger partial charge on any atom is 0.326 e. The highest BCUT2D eigenvalue weighted by Crippen LogP contribution is 2.40. The van der Waals surface area contributed by atoms with Gasteiger partial charge in [0.05, 0.1) is 18.2 Å². The first kappa shape index (κ1) is 17.8. The molecule has 0 radical (unpaired) electrons. The number of H-pyrrole nitrogens is 1. The molecule has 7 heteroatoms. The molecular weight excluding hydrogens is 371 g/mol. The third-order valence-electron chi connectivity index (χ3n) is 5.10. The summed E-state index contributed by atoms with van der Waals surface area (Å²) >= 11 is 5.99. The van der Waals surface area contributed by atoms with Gasteiger partial charge in [0.25, 0.3) is 0 Å². The van der Waals surface area contributed by atoms with E-state index in [-0.39, 0.29) is 10.8 Å². The standard InChI is InChI=1S/C20H18ClFN2O3/c1-20(19(26)27-2)9-13-12-7-14(21)15(22)8-16(12)23-18(13)17(24-20)10-4-3-5-11(25)6-10/h3-8,17,23-25H,9H2,1-2H3. The Hall–Kier alpha value is -2.57. The van der Waals surface area contributed by atoms with Crippen LogP contribution in [-0.4, -0.2) is 28.7 Å². The number of rotatable bonds is 2. The summed E-state index contributed by atoms with van der Waals surface area (Å²) in [6.07, 6.45) is 0.353. The number of nitrogens with one attached hydrogen (secondary N) is 2. The van der Waals surface area contributed by atoms with E-state index in [4.69, 9.17) is 16.3 Å². The van der Waals surface area contributed by atoms with Gasteiger partial charge in [0.2, 0.25) is 0 Å². The Balaban J connectivity index is 1.96. The molecule has 2 unspecified atom stereocenters. The van der Waals surface area contributed by atoms with Gasteiger partial charge in [0.1, 0.15) is 17.1 Å². The first-order chi connectivity index (χ1) is 12.8. The molecule has 2 aromatic carbocycles. The number of benzene rings is 2. The SMILES string of the molecule is COC(=O)C1(C)Cc2c([nH]c3cc(F)c(Cl)cc23)C(c2cccc(O)c2)N1. The van der Waals surface area contributed by atoms with Crippen molar-refractivity contribution in [3.8, 4) is 5.75 Å². The van der Waals surface area contributed by atoms with Crippen LogP contribution in [0.15, 0.2) is 36.4 Å². The molecule has 3 N–H and O–H groups in total. The number of aromatic amines is 1. The lowest BCUT2D eigenvalue weighted by Crippen LogP contribution is -2.56. The van der Waals surface area contributed by atoms with Crippen molar-refractivity contribution in [3.05, 3.63) is 64.1 Å². The molecule has 2 heterocycles. The Morgan fingerprint density at radius 2 is 2.15 bits per heavy atom. The number of methoxy groups -OCH3 is 1. The van der Waals surface area contributed by atoms with Crippen molar-refractivity contribution < 1.29 is 19.0 Å². The van der Waals surface area contributed by atoms with Crippen molar-refractivity contribution in [2.75, 3.05) is 7.11 Å². The molecule has 3 aromatic rings. The van der Waals surface area contributed by atoms with E-state index in [2.05, 4.69) is 10.3 Å². The lowest BCUT2D eigenvalue weighted by molar-refractivity contribution is -0.148. The van der Waals surface area contributed by atoms with Crippen LogP contribution in [0.2, 0.25) is 5.02 Å². The van der Waals surface area contributed by atoms with Crippen molar-refractivity contribution in [2.24, 2.45) is 0 Å². The molecule has 4 rings (SSSR count). The predicted molar refractivity (Wildman–Crippen MR) is 100 cm³/mol. The lowest BCUT2D eigenvalue weighted by Gasteiger charge is -2.37. The van der Waals surface area contributed by atoms with Crippen LogP contribution in [0.25, 0.3) is 10.9 Å². The smallest absolute Gasteiger partial charge is 0.326 e. The number of carbonyl (C=O) groups excluding carboxylic acids is 1. The van der Waals surface area contributed by atoms with Crippen LogP contribution in [0.5, 0.6) is 5.75 Å². The minimum absolute atomic E-state index is 0.0245. The zero-order valence-electron chi connectivity index (χ0n) is 14.8. The number of phenolic OH excluding ortho intramolecular Hbond substituents is 1. The highest BCUT2D eigenvalue weighted by atomic mass is 35.5. The summed E-state index contributed by atoms with van der Waals surface area (Å²) in [5.74, 6) is -0.799. The lowest BCUT2D eigenvalue weighted by atomic mass is 9.82. The van der Waals surface area contributed by atoms with Crippen molar-refractivity contribution in [1.82, 2.24) is 10.3 Å². The molecule has 140 valence electrons. The van der Waals surface area contributed by atoms with Crippen LogP contribution in [-0.2, 0) is 16.0 Å². The van der Waals surface area contributed by atoms with Crippen molar-refractivity contribution >= 4 is 28.5 Å². The molecule has 0 bridgehead atoms. The number of fused-ring (bicyclic) bond motifs is 3. The minimum atomic E-state index is -0.992. The number of esters is 1. The Morgan fingerprint density at radius 3 is 2.85 bits per heavy atom. The summed E-state index contributed by atoms with van der Waals surface area (Å²) in [4.78, 5) is 15.7. The van der Waals surface area contributed by atoms with Crippen molar-refractivity contribution in [2.45, 2.75) is 24.9 Å². The second kappa shape index (κ2) is 6.25. The molecule has 0 saturated heterocycles. The third kappa shape index (κ3) is 2.85. The molecule has 0 spiro atoms. The Kier molecular flexibility index (Phi) is 4.13. The zero-order valence-corrected chi connectivity index (χ0v) is 15.5. The van der Waals surface area contributed by atoms with Crippen LogP contribution < -0.4 is 5.32 Å². The van der Waals surface area contributed by atoms with E-state index in [0.29, 0.717) is 11.9 Å². The summed E-state index contributed by atoms with van der Waals surface area (Å²) in [6, 6.07) is 9.30. The minimum Gasteiger partial charge on any atom is -0.508 e. The fourth-order valence-corrected chi connectivity index (χ4v) is 3.97. The molecular formula is C20H18ClFN2O3. The summed E-state index contributed by atoms with van der Waals surface area (Å²) < 4.78 is 18.9. The number of carbonyl (C=O) groups is 1. The van der Waals surface area contributed by atoms with E-state index < -0.39 is 23.4 Å². The normalized spacial score (nSPS) is 21.9. The first-order valence-electron chi connectivity index (χ1n) is 8.47. The maximum absolute atomic E-state index is 13.9. The van der Waals surface area contributed by atoms with E-state index in [1.807, 2.05) is 6.07 Å². The second-order valence-electron chi connectivity index (χ2n) is 7.00. The summed E-state index contributed by atoms with van der Waals surface area (Å²) in [5, 5.41) is 14.0. The number of phenols is 1. The maximum atomic E-state index is 13.9. The molecule has 0 saturated carbocycles. The van der Waals surface area contributed by atoms with E-state index in [1.165, 1.54) is 13.2 Å². The molecule has 1 aliphatic rings. The van der Waals surface area contributed by atoms with Gasteiger partial charge in [0, 0.05) is 23.0 Å². The van der Waals surface area contributed by atoms with Crippen LogP contribution in [0.3, 0.4) is 0 Å². The average molecular weight is 389 g/mol. The number of ether oxygens (including phenoxy) is 1. The highest BCUT2D eigenvalue weighted by Gasteiger charge is 2.43. The molecule has 27 heavy (non-hydrogen) atoms. The Labute approximate surface area is 160 Å². The number of halogens is 2. The van der Waals surface area contributed by atoms with E-state index in [1.54, 1.807) is 31.2 Å². The quantitative estimate of drug-likeness (QED) is 0.583. The fourth-order valence-electron chi connectivity index (χ4n) is 3.81. The predicted octanol–water partition coefficient (Wildman–Crippen LogP) is 3.83. The van der Waals surface area contributed by atoms with Gasteiger partial charge in [-0.1, -0.05) is 23.7 Å². The van der Waals surface area contributed by atoms with Crippen molar-refractivity contribution in [1.29, 1.82) is 0 Å². The number of hydrogen-bond acceptors (Lipinski definition) is 4. The Bertz CT molecular complexity index is 1060. The first-order valence-corrected chi connectivity index (χ1v) is 8.85. The van der Waals surface area contributed by atoms with Crippen LogP contribution in [0, 0.1) is 5.82 Å². The third-order valence-corrected chi connectivity index (χ3v) is 5.39. The molecule has 1 aromatic heterocycles. The molecule has 2 atom stereocenters. The number of aromatic hydroxyl groups is 1. The van der Waals surface area contributed by atoms with Gasteiger partial charge in [-0.25, -0.2) is 4.39 Å². The van der Waals surface area contributed by atoms with Crippen LogP contribution in [0.4, 0.5) is 4.39 Å². The van der Waals surface area contributed by atoms with Crippen molar-refractivity contribution in [3.63, 3.8) is 0 Å². The largest absolute Gasteiger partial charge is 0.508 e. The monoisotopic (exact) mass is 388 g/mol. The molecule has 0 amide bonds. The summed E-state index contributed by atoms with van der Waals surface area (Å²) in [6.45, 7) is 1.77. The van der Waals surface area contributed by atoms with E-state index in [0.717, 1.165) is 22.2 Å². The van der Waals surface area contributed by atoms with Gasteiger partial charge in [0.15, 0.2) is 0 Å². The molecule has 5 nitrogen and oxygen atoms in total. The van der Waals surface area contributed by atoms with Gasteiger partial charge >= 0.3 is 5.97 Å². The van der Waals surface area contributed by atoms with Gasteiger partial charge in [-0.3, -0.25) is 10.1 Å². The number of aromatic nitrogens is 1. The van der Waals surface area contributed by atoms with Crippen LogP contribution in [0.1, 0.15) is 29.8 Å². The zero-order chi connectivity index (χ0) is 19.3. The molecule has 1 aliphatic heterocycles. The topological polar surface area (TPSA) is 74.4 Å². The van der Waals surface area contributed by atoms with E-state index >= 15 is 0 Å². The van der Waals surface area contributed by atoms with Gasteiger partial charge in [-0.15, -0.1) is 0 Å². The Morgan fingerprint density at radius 1 is 1.37 bits per heavy atom. The van der Waals surface area contributed by atoms with Gasteiger partial charge < -0.3 is 14.8 Å². The summed E-state index contributed by atoms with van der Waals surface area (Å²) in [7, 11) is 1.34. The fraction of sp³-hybridized carbons (Fsp3) is 0.250. The highest BCUT2D eigenvalue weighted by molar-refractivity contribution is 6.31. The average Bonchev–Trinajstić information content (AvgIpc) is 2.98. The van der Waals surface area contributed by atoms with Crippen LogP contribution >= 0.6 is 11.6 Å². The number of hydrogen-bond donors (Lipinski definition) is 3. The molecule has 0 fully saturated rings. The van der Waals surface area contributed by atoms with Gasteiger partial charge in [-0.2, -0.15) is 0 Å².